The highest BCUT2D eigenvalue weighted by molar-refractivity contribution is 5.99. The quantitative estimate of drug-likeness (QED) is 0.675. The molecule has 0 fully saturated rings. The highest BCUT2D eigenvalue weighted by atomic mass is 19.4. The molecule has 0 saturated carbocycles. The molecular weight excluding hydrogens is 369 g/mol. The van der Waals surface area contributed by atoms with Crippen LogP contribution in [0.4, 0.5) is 13.2 Å². The van der Waals surface area contributed by atoms with E-state index in [4.69, 9.17) is 0 Å². The van der Waals surface area contributed by atoms with Crippen molar-refractivity contribution in [2.75, 3.05) is 6.54 Å². The topological polar surface area (TPSA) is 51.0 Å². The average Bonchev–Trinajstić information content (AvgIpc) is 3.12. The zero-order valence-corrected chi connectivity index (χ0v) is 15.1. The number of nitrogens with zero attached hydrogens (tertiary/aromatic N) is 4. The normalized spacial score (nSPS) is 14.1. The van der Waals surface area contributed by atoms with Crippen LogP contribution in [-0.2, 0) is 26.2 Å². The molecule has 28 heavy (non-hydrogen) atoms. The minimum Gasteiger partial charge on any atom is -0.334 e. The summed E-state index contributed by atoms with van der Waals surface area (Å²) >= 11 is 0. The third kappa shape index (κ3) is 3.26. The van der Waals surface area contributed by atoms with E-state index in [-0.39, 0.29) is 31.0 Å². The van der Waals surface area contributed by atoms with Crippen molar-refractivity contribution in [2.45, 2.75) is 19.1 Å². The Morgan fingerprint density at radius 2 is 2.00 bits per heavy atom. The Hall–Kier alpha value is -3.16. The van der Waals surface area contributed by atoms with Gasteiger partial charge in [0.25, 0.3) is 5.91 Å². The number of aryl methyl sites for hydroxylation is 1. The smallest absolute Gasteiger partial charge is 0.334 e. The van der Waals surface area contributed by atoms with Gasteiger partial charge < -0.3 is 4.90 Å². The van der Waals surface area contributed by atoms with Crippen molar-refractivity contribution >= 4 is 5.91 Å². The first-order valence-corrected chi connectivity index (χ1v) is 8.76. The molecule has 1 amide bonds. The minimum absolute atomic E-state index is 0.138. The van der Waals surface area contributed by atoms with E-state index in [1.165, 1.54) is 6.07 Å². The van der Waals surface area contributed by atoms with Crippen LogP contribution in [0.2, 0.25) is 0 Å². The molecule has 1 aromatic carbocycles. The summed E-state index contributed by atoms with van der Waals surface area (Å²) in [7, 11) is 1.77. The number of rotatable bonds is 2. The molecule has 3 heterocycles. The first-order valence-electron chi connectivity index (χ1n) is 8.76. The monoisotopic (exact) mass is 386 g/mol. The molecular formula is C20H17F3N4O. The average molecular weight is 386 g/mol. The maximum atomic E-state index is 13.2. The second kappa shape index (κ2) is 6.78. The standard InChI is InChI=1S/C20H17F3N4O/c1-26-11-14(10-25-26)18-16(5-3-8-24-18)19(28)27-9-7-15-13(12-27)4-2-6-17(15)20(21,22)23/h2-6,8,10-11H,7,9,12H2,1H3. The Bertz CT molecular complexity index is 1040. The SMILES string of the molecule is Cn1cc(-c2ncccc2C(=O)N2CCc3c(cccc3C(F)(F)F)C2)cn1. The summed E-state index contributed by atoms with van der Waals surface area (Å²) in [6.07, 6.45) is 0.758. The molecule has 0 spiro atoms. The summed E-state index contributed by atoms with van der Waals surface area (Å²) < 4.78 is 41.3. The number of amides is 1. The van der Waals surface area contributed by atoms with Crippen molar-refractivity contribution in [1.82, 2.24) is 19.7 Å². The van der Waals surface area contributed by atoms with Gasteiger partial charge in [-0.25, -0.2) is 0 Å². The fourth-order valence-electron chi connectivity index (χ4n) is 3.57. The van der Waals surface area contributed by atoms with Gasteiger partial charge in [0.15, 0.2) is 0 Å². The largest absolute Gasteiger partial charge is 0.416 e. The van der Waals surface area contributed by atoms with Crippen LogP contribution in [0.1, 0.15) is 27.0 Å². The molecule has 5 nitrogen and oxygen atoms in total. The van der Waals surface area contributed by atoms with Gasteiger partial charge in [-0.05, 0) is 35.7 Å². The zero-order valence-electron chi connectivity index (χ0n) is 15.1. The molecule has 0 saturated heterocycles. The van der Waals surface area contributed by atoms with Gasteiger partial charge in [0.05, 0.1) is 23.0 Å². The molecule has 4 rings (SSSR count). The van der Waals surface area contributed by atoms with E-state index < -0.39 is 11.7 Å². The number of carbonyl (C=O) groups excluding carboxylic acids is 1. The maximum absolute atomic E-state index is 13.2. The van der Waals surface area contributed by atoms with Crippen molar-refractivity contribution in [3.63, 3.8) is 0 Å². The number of alkyl halides is 3. The van der Waals surface area contributed by atoms with Crippen LogP contribution < -0.4 is 0 Å². The summed E-state index contributed by atoms with van der Waals surface area (Å²) in [5.74, 6) is -0.255. The van der Waals surface area contributed by atoms with Gasteiger partial charge in [-0.3, -0.25) is 14.5 Å². The fourth-order valence-corrected chi connectivity index (χ4v) is 3.57. The Balaban J connectivity index is 1.65. The van der Waals surface area contributed by atoms with Gasteiger partial charge in [-0.15, -0.1) is 0 Å². The molecule has 8 heteroatoms. The lowest BCUT2D eigenvalue weighted by atomic mass is 9.93. The van der Waals surface area contributed by atoms with E-state index in [0.29, 0.717) is 22.4 Å². The lowest BCUT2D eigenvalue weighted by molar-refractivity contribution is -0.138. The van der Waals surface area contributed by atoms with Crippen molar-refractivity contribution < 1.29 is 18.0 Å². The molecule has 2 aromatic heterocycles. The molecule has 144 valence electrons. The van der Waals surface area contributed by atoms with Gasteiger partial charge >= 0.3 is 6.18 Å². The van der Waals surface area contributed by atoms with E-state index in [1.807, 2.05) is 0 Å². The van der Waals surface area contributed by atoms with E-state index in [0.717, 1.165) is 6.07 Å². The van der Waals surface area contributed by atoms with Crippen LogP contribution in [0.15, 0.2) is 48.9 Å². The molecule has 0 atom stereocenters. The van der Waals surface area contributed by atoms with E-state index in [1.54, 1.807) is 53.4 Å². The first-order chi connectivity index (χ1) is 13.3. The Morgan fingerprint density at radius 3 is 2.71 bits per heavy atom. The van der Waals surface area contributed by atoms with Crippen LogP contribution in [0, 0.1) is 0 Å². The van der Waals surface area contributed by atoms with Gasteiger partial charge in [0.1, 0.15) is 0 Å². The number of halogens is 3. The maximum Gasteiger partial charge on any atom is 0.416 e. The van der Waals surface area contributed by atoms with Gasteiger partial charge in [-0.1, -0.05) is 12.1 Å². The third-order valence-electron chi connectivity index (χ3n) is 4.88. The van der Waals surface area contributed by atoms with Crippen molar-refractivity contribution in [1.29, 1.82) is 0 Å². The molecule has 0 bridgehead atoms. The van der Waals surface area contributed by atoms with E-state index in [9.17, 15) is 18.0 Å². The Labute approximate surface area is 159 Å². The van der Waals surface area contributed by atoms with Gasteiger partial charge in [0.2, 0.25) is 0 Å². The number of aromatic nitrogens is 3. The minimum atomic E-state index is -4.39. The second-order valence-electron chi connectivity index (χ2n) is 6.72. The number of hydrogen-bond acceptors (Lipinski definition) is 3. The molecule has 1 aliphatic rings. The van der Waals surface area contributed by atoms with E-state index in [2.05, 4.69) is 10.1 Å². The lowest BCUT2D eigenvalue weighted by Gasteiger charge is -2.31. The molecule has 0 aliphatic carbocycles. The molecule has 0 radical (unpaired) electrons. The van der Waals surface area contributed by atoms with Crippen LogP contribution in [-0.4, -0.2) is 32.1 Å². The first kappa shape index (κ1) is 18.2. The summed E-state index contributed by atoms with van der Waals surface area (Å²) in [4.78, 5) is 19.0. The summed E-state index contributed by atoms with van der Waals surface area (Å²) in [6, 6.07) is 7.49. The molecule has 0 unspecified atom stereocenters. The number of pyridine rings is 1. The molecule has 1 aliphatic heterocycles. The fraction of sp³-hybridized carbons (Fsp3) is 0.250. The Kier molecular flexibility index (Phi) is 4.41. The number of hydrogen-bond donors (Lipinski definition) is 0. The van der Waals surface area contributed by atoms with E-state index >= 15 is 0 Å². The predicted octanol–water partition coefficient (Wildman–Crippen LogP) is 3.70. The summed E-state index contributed by atoms with van der Waals surface area (Å²) in [5.41, 5.74) is 1.82. The lowest BCUT2D eigenvalue weighted by Crippen LogP contribution is -2.37. The van der Waals surface area contributed by atoms with Crippen molar-refractivity contribution in [3.05, 3.63) is 71.2 Å². The van der Waals surface area contributed by atoms with Crippen LogP contribution in [0.25, 0.3) is 11.3 Å². The van der Waals surface area contributed by atoms with Crippen molar-refractivity contribution in [2.24, 2.45) is 7.05 Å². The molecule has 3 aromatic rings. The van der Waals surface area contributed by atoms with Gasteiger partial charge in [0, 0.05) is 38.1 Å². The predicted molar refractivity (Wildman–Crippen MR) is 96.3 cm³/mol. The summed E-state index contributed by atoms with van der Waals surface area (Å²) in [6.45, 7) is 0.361. The van der Waals surface area contributed by atoms with Crippen LogP contribution in [0.5, 0.6) is 0 Å². The van der Waals surface area contributed by atoms with Crippen LogP contribution in [0.3, 0.4) is 0 Å². The highest BCUT2D eigenvalue weighted by Gasteiger charge is 2.36. The second-order valence-corrected chi connectivity index (χ2v) is 6.72. The number of fused-ring (bicyclic) bond motifs is 1. The third-order valence-corrected chi connectivity index (χ3v) is 4.88. The Morgan fingerprint density at radius 1 is 1.18 bits per heavy atom. The molecule has 0 N–H and O–H groups in total. The zero-order chi connectivity index (χ0) is 19.9. The highest BCUT2D eigenvalue weighted by Crippen LogP contribution is 2.36. The number of benzene rings is 1. The summed E-state index contributed by atoms with van der Waals surface area (Å²) in [5, 5.41) is 4.11. The van der Waals surface area contributed by atoms with Gasteiger partial charge in [-0.2, -0.15) is 18.3 Å². The van der Waals surface area contributed by atoms with Crippen LogP contribution >= 0.6 is 0 Å². The number of carbonyl (C=O) groups is 1. The van der Waals surface area contributed by atoms with Crippen molar-refractivity contribution in [3.8, 4) is 11.3 Å².